The first-order chi connectivity index (χ1) is 11.2. The van der Waals surface area contributed by atoms with Crippen molar-refractivity contribution in [3.05, 3.63) is 76.4 Å². The van der Waals surface area contributed by atoms with Crippen LogP contribution in [0.4, 0.5) is 0 Å². The molecule has 0 aromatic heterocycles. The predicted molar refractivity (Wildman–Crippen MR) is 100 cm³/mol. The summed E-state index contributed by atoms with van der Waals surface area (Å²) in [5, 5.41) is 3.25. The summed E-state index contributed by atoms with van der Waals surface area (Å²) in [6.45, 7) is 5.57. The maximum atomic E-state index is 3.25. The molecule has 0 saturated carbocycles. The van der Waals surface area contributed by atoms with E-state index in [1.807, 2.05) is 7.05 Å². The monoisotopic (exact) mass is 305 g/mol. The topological polar surface area (TPSA) is 12.0 Å². The van der Waals surface area contributed by atoms with Crippen LogP contribution >= 0.6 is 0 Å². The van der Waals surface area contributed by atoms with E-state index in [4.69, 9.17) is 0 Å². The molecule has 1 nitrogen and oxygen atoms in total. The Balaban J connectivity index is 2.10. The molecule has 1 aliphatic carbocycles. The lowest BCUT2D eigenvalue weighted by molar-refractivity contribution is 0.808. The fourth-order valence-electron chi connectivity index (χ4n) is 3.44. The number of hydrogen-bond acceptors (Lipinski definition) is 1. The molecule has 0 saturated heterocycles. The van der Waals surface area contributed by atoms with Gasteiger partial charge in [0.2, 0.25) is 0 Å². The van der Waals surface area contributed by atoms with Crippen molar-refractivity contribution in [2.75, 3.05) is 13.6 Å². The maximum absolute atomic E-state index is 3.25. The summed E-state index contributed by atoms with van der Waals surface area (Å²) in [6, 6.07) is 16.0. The Bertz CT molecular complexity index is 710. The van der Waals surface area contributed by atoms with Gasteiger partial charge in [0.15, 0.2) is 0 Å². The fraction of sp³-hybridized carbons (Fsp3) is 0.364. The van der Waals surface area contributed by atoms with Gasteiger partial charge in [0.1, 0.15) is 0 Å². The molecule has 3 rings (SSSR count). The summed E-state index contributed by atoms with van der Waals surface area (Å²) in [6.07, 6.45) is 5.74. The Morgan fingerprint density at radius 3 is 2.52 bits per heavy atom. The molecule has 0 radical (unpaired) electrons. The van der Waals surface area contributed by atoms with Crippen molar-refractivity contribution in [2.45, 2.75) is 39.0 Å². The minimum absolute atomic E-state index is 0.586. The average Bonchev–Trinajstić information content (AvgIpc) is 2.72. The normalized spacial score (nSPS) is 15.4. The zero-order valence-corrected chi connectivity index (χ0v) is 14.5. The van der Waals surface area contributed by atoms with Gasteiger partial charge in [0.05, 0.1) is 0 Å². The molecule has 0 fully saturated rings. The second-order valence-corrected chi connectivity index (χ2v) is 6.74. The van der Waals surface area contributed by atoms with Gasteiger partial charge in [0, 0.05) is 0 Å². The molecule has 1 heteroatoms. The number of hydrogen-bond donors (Lipinski definition) is 1. The lowest BCUT2D eigenvalue weighted by atomic mass is 9.90. The van der Waals surface area contributed by atoms with Crippen molar-refractivity contribution in [1.29, 1.82) is 0 Å². The van der Waals surface area contributed by atoms with Crippen LogP contribution in [0.5, 0.6) is 0 Å². The average molecular weight is 305 g/mol. The zero-order valence-electron chi connectivity index (χ0n) is 14.5. The third-order valence-electron chi connectivity index (χ3n) is 4.80. The number of nitrogens with one attached hydrogen (secondary N) is 1. The third-order valence-corrected chi connectivity index (χ3v) is 4.80. The quantitative estimate of drug-likeness (QED) is 0.788. The molecule has 0 heterocycles. The minimum Gasteiger partial charge on any atom is -0.319 e. The highest BCUT2D eigenvalue weighted by molar-refractivity contribution is 5.84. The summed E-state index contributed by atoms with van der Waals surface area (Å²) in [5.74, 6) is 0.586. The van der Waals surface area contributed by atoms with Crippen LogP contribution in [0.1, 0.15) is 54.0 Å². The molecule has 0 bridgehead atoms. The van der Waals surface area contributed by atoms with E-state index >= 15 is 0 Å². The highest BCUT2D eigenvalue weighted by Crippen LogP contribution is 2.35. The molecule has 23 heavy (non-hydrogen) atoms. The Morgan fingerprint density at radius 2 is 1.74 bits per heavy atom. The molecular formula is C22H27N. The lowest BCUT2D eigenvalue weighted by Gasteiger charge is -2.14. The molecule has 0 atom stereocenters. The molecular weight excluding hydrogens is 278 g/mol. The van der Waals surface area contributed by atoms with E-state index in [1.54, 1.807) is 0 Å². The van der Waals surface area contributed by atoms with E-state index < -0.39 is 0 Å². The Morgan fingerprint density at radius 1 is 1.00 bits per heavy atom. The van der Waals surface area contributed by atoms with Gasteiger partial charge < -0.3 is 5.32 Å². The van der Waals surface area contributed by atoms with E-state index in [-0.39, 0.29) is 0 Å². The molecule has 2 aromatic rings. The standard InChI is InChI=1S/C22H27N/c1-16(2)18-12-13-21-19(15-18)11-10-17-7-4-5-8-20(17)22(21)9-6-14-23-3/h4-5,7-9,12-13,15-16,23H,6,10-11,14H2,1-3H3/b22-9+. The van der Waals surface area contributed by atoms with E-state index in [1.165, 1.54) is 33.4 Å². The molecule has 120 valence electrons. The Labute approximate surface area is 140 Å². The highest BCUT2D eigenvalue weighted by Gasteiger charge is 2.18. The molecule has 0 unspecified atom stereocenters. The second kappa shape index (κ2) is 7.14. The zero-order chi connectivity index (χ0) is 16.2. The SMILES string of the molecule is CNCC/C=C1\c2ccccc2CCc2cc(C(C)C)ccc21. The Hall–Kier alpha value is -1.86. The first-order valence-corrected chi connectivity index (χ1v) is 8.77. The van der Waals surface area contributed by atoms with E-state index in [0.29, 0.717) is 5.92 Å². The first kappa shape index (κ1) is 16.0. The van der Waals surface area contributed by atoms with Crippen molar-refractivity contribution < 1.29 is 0 Å². The van der Waals surface area contributed by atoms with Crippen LogP contribution in [0, 0.1) is 0 Å². The summed E-state index contributed by atoms with van der Waals surface area (Å²) in [7, 11) is 2.02. The number of aryl methyl sites for hydroxylation is 2. The second-order valence-electron chi connectivity index (χ2n) is 6.74. The third kappa shape index (κ3) is 3.40. The van der Waals surface area contributed by atoms with Crippen molar-refractivity contribution in [3.8, 4) is 0 Å². The molecule has 0 aliphatic heterocycles. The van der Waals surface area contributed by atoms with E-state index in [0.717, 1.165) is 25.8 Å². The fourth-order valence-corrected chi connectivity index (χ4v) is 3.44. The number of rotatable bonds is 4. The van der Waals surface area contributed by atoms with Gasteiger partial charge >= 0.3 is 0 Å². The van der Waals surface area contributed by atoms with Gasteiger partial charge in [-0.15, -0.1) is 0 Å². The number of benzene rings is 2. The summed E-state index contributed by atoms with van der Waals surface area (Å²) < 4.78 is 0. The Kier molecular flexibility index (Phi) is 4.97. The van der Waals surface area contributed by atoms with Gasteiger partial charge in [-0.25, -0.2) is 0 Å². The van der Waals surface area contributed by atoms with Crippen LogP contribution in [0.25, 0.3) is 5.57 Å². The predicted octanol–water partition coefficient (Wildman–Crippen LogP) is 4.95. The van der Waals surface area contributed by atoms with Crippen LogP contribution in [0.2, 0.25) is 0 Å². The van der Waals surface area contributed by atoms with E-state index in [9.17, 15) is 0 Å². The summed E-state index contributed by atoms with van der Waals surface area (Å²) in [4.78, 5) is 0. The molecule has 0 spiro atoms. The highest BCUT2D eigenvalue weighted by atomic mass is 14.8. The van der Waals surface area contributed by atoms with Crippen molar-refractivity contribution in [1.82, 2.24) is 5.32 Å². The largest absolute Gasteiger partial charge is 0.319 e. The van der Waals surface area contributed by atoms with Crippen LogP contribution in [0.3, 0.4) is 0 Å². The van der Waals surface area contributed by atoms with Gasteiger partial charge in [-0.05, 0) is 72.2 Å². The minimum atomic E-state index is 0.586. The smallest absolute Gasteiger partial charge is 0.00169 e. The van der Waals surface area contributed by atoms with Gasteiger partial charge in [0.25, 0.3) is 0 Å². The van der Waals surface area contributed by atoms with Crippen molar-refractivity contribution in [2.24, 2.45) is 0 Å². The van der Waals surface area contributed by atoms with Crippen molar-refractivity contribution in [3.63, 3.8) is 0 Å². The number of fused-ring (bicyclic) bond motifs is 2. The lowest BCUT2D eigenvalue weighted by Crippen LogP contribution is -2.06. The van der Waals surface area contributed by atoms with E-state index in [2.05, 4.69) is 67.7 Å². The molecule has 0 amide bonds. The van der Waals surface area contributed by atoms with Gasteiger partial charge in [-0.2, -0.15) is 0 Å². The van der Waals surface area contributed by atoms with Crippen molar-refractivity contribution >= 4 is 5.57 Å². The van der Waals surface area contributed by atoms with Crippen LogP contribution < -0.4 is 5.32 Å². The van der Waals surface area contributed by atoms with Crippen LogP contribution in [0.15, 0.2) is 48.5 Å². The molecule has 1 N–H and O–H groups in total. The van der Waals surface area contributed by atoms with Crippen LogP contribution in [-0.2, 0) is 12.8 Å². The molecule has 1 aliphatic rings. The van der Waals surface area contributed by atoms with Gasteiger partial charge in [-0.3, -0.25) is 0 Å². The van der Waals surface area contributed by atoms with Gasteiger partial charge in [-0.1, -0.05) is 62.4 Å². The maximum Gasteiger partial charge on any atom is -0.00169 e. The first-order valence-electron chi connectivity index (χ1n) is 8.77. The summed E-state index contributed by atoms with van der Waals surface area (Å²) in [5.41, 5.74) is 8.69. The van der Waals surface area contributed by atoms with Crippen LogP contribution in [-0.4, -0.2) is 13.6 Å². The molecule has 2 aromatic carbocycles. The summed E-state index contributed by atoms with van der Waals surface area (Å²) >= 11 is 0.